The Bertz CT molecular complexity index is 1800. The molecule has 0 amide bonds. The molecule has 2 heterocycles. The van der Waals surface area contributed by atoms with Gasteiger partial charge in [0.05, 0.1) is 11.0 Å². The Morgan fingerprint density at radius 1 is 0.424 bits per heavy atom. The first-order chi connectivity index (χ1) is 16.3. The fraction of sp³-hybridized carbons (Fsp3) is 0.0323. The first kappa shape index (κ1) is 18.3. The van der Waals surface area contributed by atoms with Crippen molar-refractivity contribution in [2.45, 2.75) is 0 Å². The zero-order valence-corrected chi connectivity index (χ0v) is 18.4. The molecule has 0 saturated heterocycles. The molecular weight excluding hydrogens is 400 g/mol. The molecule has 2 heteroatoms. The van der Waals surface area contributed by atoms with Gasteiger partial charge in [-0.1, -0.05) is 72.8 Å². The SMILES string of the molecule is Cn1c2ccccc2c2cc3c(cc21)c1cc(-c2ccccc2)ccc1n3-c1ccccc1. The molecular formula is C31H22N2. The molecule has 0 aliphatic heterocycles. The number of hydrogen-bond acceptors (Lipinski definition) is 0. The Hall–Kier alpha value is -4.30. The van der Waals surface area contributed by atoms with Crippen molar-refractivity contribution in [3.63, 3.8) is 0 Å². The van der Waals surface area contributed by atoms with Crippen LogP contribution in [0.5, 0.6) is 0 Å². The van der Waals surface area contributed by atoms with Crippen LogP contribution >= 0.6 is 0 Å². The summed E-state index contributed by atoms with van der Waals surface area (Å²) in [5, 5.41) is 5.16. The third-order valence-corrected chi connectivity index (χ3v) is 6.92. The highest BCUT2D eigenvalue weighted by Crippen LogP contribution is 2.39. The van der Waals surface area contributed by atoms with Crippen LogP contribution in [0.3, 0.4) is 0 Å². The largest absolute Gasteiger partial charge is 0.344 e. The molecule has 156 valence electrons. The lowest BCUT2D eigenvalue weighted by Gasteiger charge is -2.08. The second kappa shape index (κ2) is 6.85. The normalized spacial score (nSPS) is 11.8. The molecule has 0 aliphatic carbocycles. The van der Waals surface area contributed by atoms with Gasteiger partial charge >= 0.3 is 0 Å². The van der Waals surface area contributed by atoms with Gasteiger partial charge in [0, 0.05) is 45.3 Å². The molecule has 0 fully saturated rings. The van der Waals surface area contributed by atoms with Crippen LogP contribution in [0.2, 0.25) is 0 Å². The number of aromatic nitrogens is 2. The highest BCUT2D eigenvalue weighted by atomic mass is 15.0. The standard InChI is InChI=1S/C31H22N2/c1-32-28-15-9-8-14-24(28)26-20-31-27(19-30(26)32)25-18-22(21-10-4-2-5-11-21)16-17-29(25)33(31)23-12-6-3-7-13-23/h2-20H,1H3. The van der Waals surface area contributed by atoms with Crippen molar-refractivity contribution in [2.75, 3.05) is 0 Å². The van der Waals surface area contributed by atoms with Gasteiger partial charge in [-0.05, 0) is 53.6 Å². The average Bonchev–Trinajstić information content (AvgIpc) is 3.35. The lowest BCUT2D eigenvalue weighted by molar-refractivity contribution is 1.02. The van der Waals surface area contributed by atoms with E-state index in [1.807, 2.05) is 0 Å². The van der Waals surface area contributed by atoms with E-state index in [0.29, 0.717) is 0 Å². The predicted octanol–water partition coefficient (Wildman–Crippen LogP) is 8.10. The summed E-state index contributed by atoms with van der Waals surface area (Å²) in [6, 6.07) is 41.6. The van der Waals surface area contributed by atoms with E-state index in [-0.39, 0.29) is 0 Å². The van der Waals surface area contributed by atoms with Crippen molar-refractivity contribution >= 4 is 43.6 Å². The van der Waals surface area contributed by atoms with E-state index in [1.165, 1.54) is 60.4 Å². The van der Waals surface area contributed by atoms with Gasteiger partial charge in [0.15, 0.2) is 0 Å². The lowest BCUT2D eigenvalue weighted by atomic mass is 10.0. The summed E-state index contributed by atoms with van der Waals surface area (Å²) in [4.78, 5) is 0. The Labute approximate surface area is 191 Å². The van der Waals surface area contributed by atoms with Crippen LogP contribution in [-0.4, -0.2) is 9.13 Å². The maximum Gasteiger partial charge on any atom is 0.0548 e. The number of aryl methyl sites for hydroxylation is 1. The van der Waals surface area contributed by atoms with Crippen molar-refractivity contribution < 1.29 is 0 Å². The van der Waals surface area contributed by atoms with Gasteiger partial charge < -0.3 is 9.13 Å². The van der Waals surface area contributed by atoms with Gasteiger partial charge in [0.2, 0.25) is 0 Å². The summed E-state index contributed by atoms with van der Waals surface area (Å²) >= 11 is 0. The molecule has 7 rings (SSSR count). The monoisotopic (exact) mass is 422 g/mol. The third kappa shape index (κ3) is 2.61. The van der Waals surface area contributed by atoms with Gasteiger partial charge in [0.25, 0.3) is 0 Å². The van der Waals surface area contributed by atoms with Crippen LogP contribution < -0.4 is 0 Å². The lowest BCUT2D eigenvalue weighted by Crippen LogP contribution is -1.93. The molecule has 0 saturated carbocycles. The second-order valence-electron chi connectivity index (χ2n) is 8.73. The Morgan fingerprint density at radius 2 is 1.06 bits per heavy atom. The summed E-state index contributed by atoms with van der Waals surface area (Å²) in [6.45, 7) is 0. The molecule has 0 aliphatic rings. The molecule has 33 heavy (non-hydrogen) atoms. The first-order valence-corrected chi connectivity index (χ1v) is 11.4. The average molecular weight is 423 g/mol. The summed E-state index contributed by atoms with van der Waals surface area (Å²) in [7, 11) is 2.17. The van der Waals surface area contributed by atoms with Crippen LogP contribution in [0.1, 0.15) is 0 Å². The molecule has 0 atom stereocenters. The van der Waals surface area contributed by atoms with Crippen molar-refractivity contribution in [2.24, 2.45) is 7.05 Å². The van der Waals surface area contributed by atoms with E-state index < -0.39 is 0 Å². The minimum absolute atomic E-state index is 1.18. The summed E-state index contributed by atoms with van der Waals surface area (Å²) in [5.74, 6) is 0. The van der Waals surface area contributed by atoms with Crippen LogP contribution in [0.4, 0.5) is 0 Å². The molecule has 0 N–H and O–H groups in total. The Kier molecular flexibility index (Phi) is 3.80. The van der Waals surface area contributed by atoms with Crippen molar-refractivity contribution in [1.82, 2.24) is 9.13 Å². The van der Waals surface area contributed by atoms with Crippen LogP contribution in [0.25, 0.3) is 60.4 Å². The van der Waals surface area contributed by atoms with E-state index in [9.17, 15) is 0 Å². The van der Waals surface area contributed by atoms with Gasteiger partial charge in [-0.3, -0.25) is 0 Å². The summed E-state index contributed by atoms with van der Waals surface area (Å²) < 4.78 is 4.72. The Morgan fingerprint density at radius 3 is 1.88 bits per heavy atom. The van der Waals surface area contributed by atoms with Crippen molar-refractivity contribution in [1.29, 1.82) is 0 Å². The smallest absolute Gasteiger partial charge is 0.0548 e. The van der Waals surface area contributed by atoms with E-state index in [2.05, 4.69) is 131 Å². The maximum atomic E-state index is 2.40. The van der Waals surface area contributed by atoms with Crippen molar-refractivity contribution in [3.05, 3.63) is 115 Å². The summed E-state index contributed by atoms with van der Waals surface area (Å²) in [6.07, 6.45) is 0. The highest BCUT2D eigenvalue weighted by Gasteiger charge is 2.17. The number of rotatable bonds is 2. The van der Waals surface area contributed by atoms with Crippen molar-refractivity contribution in [3.8, 4) is 16.8 Å². The molecule has 0 spiro atoms. The number of nitrogens with zero attached hydrogens (tertiary/aromatic N) is 2. The number of para-hydroxylation sites is 2. The molecule has 5 aromatic carbocycles. The van der Waals surface area contributed by atoms with Crippen LogP contribution in [0, 0.1) is 0 Å². The summed E-state index contributed by atoms with van der Waals surface area (Å²) in [5.41, 5.74) is 8.67. The van der Waals surface area contributed by atoms with E-state index in [4.69, 9.17) is 0 Å². The topological polar surface area (TPSA) is 9.86 Å². The molecule has 7 aromatic rings. The predicted molar refractivity (Wildman–Crippen MR) is 140 cm³/mol. The minimum Gasteiger partial charge on any atom is -0.344 e. The van der Waals surface area contributed by atoms with E-state index in [0.717, 1.165) is 0 Å². The quantitative estimate of drug-likeness (QED) is 0.266. The fourth-order valence-electron chi connectivity index (χ4n) is 5.34. The van der Waals surface area contributed by atoms with Crippen LogP contribution in [-0.2, 0) is 7.05 Å². The van der Waals surface area contributed by atoms with Gasteiger partial charge in [0.1, 0.15) is 0 Å². The highest BCUT2D eigenvalue weighted by molar-refractivity contribution is 6.18. The fourth-order valence-corrected chi connectivity index (χ4v) is 5.34. The van der Waals surface area contributed by atoms with Crippen LogP contribution in [0.15, 0.2) is 115 Å². The molecule has 2 aromatic heterocycles. The zero-order valence-electron chi connectivity index (χ0n) is 18.4. The van der Waals surface area contributed by atoms with Gasteiger partial charge in [-0.25, -0.2) is 0 Å². The number of benzene rings is 5. The maximum absolute atomic E-state index is 2.40. The first-order valence-electron chi connectivity index (χ1n) is 11.4. The van der Waals surface area contributed by atoms with Gasteiger partial charge in [-0.2, -0.15) is 0 Å². The molecule has 2 nitrogen and oxygen atoms in total. The second-order valence-corrected chi connectivity index (χ2v) is 8.73. The Balaban J connectivity index is 1.65. The number of fused-ring (bicyclic) bond motifs is 6. The third-order valence-electron chi connectivity index (χ3n) is 6.92. The molecule has 0 radical (unpaired) electrons. The zero-order chi connectivity index (χ0) is 21.9. The van der Waals surface area contributed by atoms with E-state index >= 15 is 0 Å². The molecule has 0 unspecified atom stereocenters. The minimum atomic E-state index is 1.18. The number of hydrogen-bond donors (Lipinski definition) is 0. The van der Waals surface area contributed by atoms with Gasteiger partial charge in [-0.15, -0.1) is 0 Å². The van der Waals surface area contributed by atoms with E-state index in [1.54, 1.807) is 0 Å². The molecule has 0 bridgehead atoms.